The van der Waals surface area contributed by atoms with E-state index in [4.69, 9.17) is 4.74 Å². The second-order valence-electron chi connectivity index (χ2n) is 8.38. The number of ether oxygens (including phenoxy) is 1. The van der Waals surface area contributed by atoms with Crippen molar-refractivity contribution in [3.8, 4) is 5.75 Å². The van der Waals surface area contributed by atoms with Gasteiger partial charge in [-0.15, -0.1) is 0 Å². The molecule has 3 rings (SSSR count). The van der Waals surface area contributed by atoms with E-state index >= 15 is 0 Å². The van der Waals surface area contributed by atoms with E-state index in [9.17, 15) is 13.2 Å². The molecule has 0 aliphatic carbocycles. The van der Waals surface area contributed by atoms with E-state index in [1.807, 2.05) is 55.5 Å². The first-order valence-electron chi connectivity index (χ1n) is 11.3. The summed E-state index contributed by atoms with van der Waals surface area (Å²) in [4.78, 5) is 13.0. The predicted molar refractivity (Wildman–Crippen MR) is 134 cm³/mol. The van der Waals surface area contributed by atoms with Gasteiger partial charge in [-0.2, -0.15) is 4.31 Å². The van der Waals surface area contributed by atoms with E-state index in [0.717, 1.165) is 18.4 Å². The standard InChI is InChI=1S/C27H32N2O4S/c1-21-18-25(16-17-26(21)33-3)34(31,32)29(19-24-12-8-5-9-13-24)20-27(30)28-22(2)14-15-23-10-6-4-7-11-23/h4-13,16-18,22H,14-15,19-20H2,1-3H3,(H,28,30)/t22-/m1/s1. The molecule has 3 aromatic carbocycles. The first kappa shape index (κ1) is 25.5. The summed E-state index contributed by atoms with van der Waals surface area (Å²) in [6.07, 6.45) is 1.60. The normalized spacial score (nSPS) is 12.4. The number of benzene rings is 3. The average Bonchev–Trinajstić information content (AvgIpc) is 2.83. The Bertz CT molecular complexity index is 1180. The van der Waals surface area contributed by atoms with Gasteiger partial charge in [0.1, 0.15) is 5.75 Å². The molecule has 0 fully saturated rings. The van der Waals surface area contributed by atoms with Crippen LogP contribution in [-0.2, 0) is 27.8 Å². The third kappa shape index (κ3) is 6.92. The molecule has 0 aromatic heterocycles. The Morgan fingerprint density at radius 2 is 1.59 bits per heavy atom. The van der Waals surface area contributed by atoms with E-state index in [1.54, 1.807) is 26.2 Å². The second-order valence-corrected chi connectivity index (χ2v) is 10.3. The first-order valence-corrected chi connectivity index (χ1v) is 12.8. The highest BCUT2D eigenvalue weighted by Gasteiger charge is 2.28. The maximum Gasteiger partial charge on any atom is 0.243 e. The molecule has 3 aromatic rings. The van der Waals surface area contributed by atoms with E-state index in [1.165, 1.54) is 15.9 Å². The van der Waals surface area contributed by atoms with Gasteiger partial charge < -0.3 is 10.1 Å². The second kappa shape index (κ2) is 11.8. The van der Waals surface area contributed by atoms with Crippen LogP contribution in [0.25, 0.3) is 0 Å². The lowest BCUT2D eigenvalue weighted by atomic mass is 10.1. The van der Waals surface area contributed by atoms with Gasteiger partial charge in [0.05, 0.1) is 18.6 Å². The number of carbonyl (C=O) groups excluding carboxylic acids is 1. The Kier molecular flexibility index (Phi) is 8.85. The number of sulfonamides is 1. The quantitative estimate of drug-likeness (QED) is 0.443. The van der Waals surface area contributed by atoms with E-state index in [2.05, 4.69) is 17.4 Å². The van der Waals surface area contributed by atoms with Crippen LogP contribution >= 0.6 is 0 Å². The Balaban J connectivity index is 1.74. The summed E-state index contributed by atoms with van der Waals surface area (Å²) in [5, 5.41) is 2.95. The number of methoxy groups -OCH3 is 1. The summed E-state index contributed by atoms with van der Waals surface area (Å²) in [5.74, 6) is 0.281. The van der Waals surface area contributed by atoms with Crippen molar-refractivity contribution in [1.82, 2.24) is 9.62 Å². The van der Waals surface area contributed by atoms with Crippen LogP contribution < -0.4 is 10.1 Å². The summed E-state index contributed by atoms with van der Waals surface area (Å²) < 4.78 is 33.5. The number of amides is 1. The number of carbonyl (C=O) groups is 1. The summed E-state index contributed by atoms with van der Waals surface area (Å²) in [6.45, 7) is 3.56. The number of hydrogen-bond donors (Lipinski definition) is 1. The van der Waals surface area contributed by atoms with Crippen LogP contribution in [0.5, 0.6) is 5.75 Å². The smallest absolute Gasteiger partial charge is 0.243 e. The highest BCUT2D eigenvalue weighted by molar-refractivity contribution is 7.89. The lowest BCUT2D eigenvalue weighted by Crippen LogP contribution is -2.43. The molecule has 0 spiro atoms. The lowest BCUT2D eigenvalue weighted by molar-refractivity contribution is -0.122. The number of nitrogens with one attached hydrogen (secondary N) is 1. The molecule has 0 heterocycles. The minimum absolute atomic E-state index is 0.0859. The summed E-state index contributed by atoms with van der Waals surface area (Å²) in [7, 11) is -2.37. The van der Waals surface area contributed by atoms with Crippen molar-refractivity contribution in [2.45, 2.75) is 44.2 Å². The predicted octanol–water partition coefficient (Wildman–Crippen LogP) is 4.33. The Hall–Kier alpha value is -3.16. The molecule has 6 nitrogen and oxygen atoms in total. The SMILES string of the molecule is COc1ccc(S(=O)(=O)N(CC(=O)N[C@H](C)CCc2ccccc2)Cc2ccccc2)cc1C. The van der Waals surface area contributed by atoms with Gasteiger partial charge in [-0.3, -0.25) is 4.79 Å². The molecule has 34 heavy (non-hydrogen) atoms. The van der Waals surface area contributed by atoms with Crippen molar-refractivity contribution in [1.29, 1.82) is 0 Å². The molecule has 0 saturated heterocycles. The van der Waals surface area contributed by atoms with Crippen molar-refractivity contribution >= 4 is 15.9 Å². The molecule has 0 radical (unpaired) electrons. The van der Waals surface area contributed by atoms with E-state index in [-0.39, 0.29) is 29.9 Å². The molecular weight excluding hydrogens is 448 g/mol. The van der Waals surface area contributed by atoms with Gasteiger partial charge in [0.15, 0.2) is 0 Å². The minimum atomic E-state index is -3.92. The highest BCUT2D eigenvalue weighted by Crippen LogP contribution is 2.24. The van der Waals surface area contributed by atoms with Crippen LogP contribution in [0, 0.1) is 6.92 Å². The fourth-order valence-electron chi connectivity index (χ4n) is 3.75. The Morgan fingerprint density at radius 3 is 2.18 bits per heavy atom. The van der Waals surface area contributed by atoms with Gasteiger partial charge >= 0.3 is 0 Å². The highest BCUT2D eigenvalue weighted by atomic mass is 32.2. The summed E-state index contributed by atoms with van der Waals surface area (Å²) in [5.41, 5.74) is 2.72. The zero-order valence-electron chi connectivity index (χ0n) is 19.9. The Labute approximate surface area is 202 Å². The van der Waals surface area contributed by atoms with Crippen LogP contribution in [-0.4, -0.2) is 38.3 Å². The fraction of sp³-hybridized carbons (Fsp3) is 0.296. The third-order valence-electron chi connectivity index (χ3n) is 5.64. The van der Waals surface area contributed by atoms with Gasteiger partial charge in [-0.05, 0) is 61.6 Å². The largest absolute Gasteiger partial charge is 0.496 e. The molecule has 1 amide bonds. The molecule has 7 heteroatoms. The van der Waals surface area contributed by atoms with E-state index in [0.29, 0.717) is 11.3 Å². The van der Waals surface area contributed by atoms with Crippen LogP contribution in [0.2, 0.25) is 0 Å². The molecule has 1 atom stereocenters. The van der Waals surface area contributed by atoms with Crippen molar-refractivity contribution in [2.75, 3.05) is 13.7 Å². The molecule has 0 bridgehead atoms. The van der Waals surface area contributed by atoms with Crippen LogP contribution in [0.3, 0.4) is 0 Å². The third-order valence-corrected chi connectivity index (χ3v) is 7.43. The van der Waals surface area contributed by atoms with Crippen molar-refractivity contribution < 1.29 is 17.9 Å². The molecule has 180 valence electrons. The summed E-state index contributed by atoms with van der Waals surface area (Å²) in [6, 6.07) is 24.0. The molecule has 0 aliphatic heterocycles. The lowest BCUT2D eigenvalue weighted by Gasteiger charge is -2.23. The summed E-state index contributed by atoms with van der Waals surface area (Å²) >= 11 is 0. The maximum atomic E-state index is 13.5. The van der Waals surface area contributed by atoms with Gasteiger partial charge in [-0.1, -0.05) is 60.7 Å². The van der Waals surface area contributed by atoms with Crippen LogP contribution in [0.4, 0.5) is 0 Å². The number of nitrogens with zero attached hydrogens (tertiary/aromatic N) is 1. The molecular formula is C27H32N2O4S. The topological polar surface area (TPSA) is 75.7 Å². The van der Waals surface area contributed by atoms with Gasteiger partial charge in [-0.25, -0.2) is 8.42 Å². The van der Waals surface area contributed by atoms with Crippen molar-refractivity contribution in [3.63, 3.8) is 0 Å². The molecule has 1 N–H and O–H groups in total. The maximum absolute atomic E-state index is 13.5. The number of rotatable bonds is 11. The zero-order valence-corrected chi connectivity index (χ0v) is 20.7. The van der Waals surface area contributed by atoms with Gasteiger partial charge in [0, 0.05) is 12.6 Å². The monoisotopic (exact) mass is 480 g/mol. The van der Waals surface area contributed by atoms with Crippen LogP contribution in [0.15, 0.2) is 83.8 Å². The molecule has 0 aliphatic rings. The van der Waals surface area contributed by atoms with Gasteiger partial charge in [0.2, 0.25) is 15.9 Å². The number of aryl methyl sites for hydroxylation is 2. The van der Waals surface area contributed by atoms with Crippen molar-refractivity contribution in [2.24, 2.45) is 0 Å². The van der Waals surface area contributed by atoms with Crippen molar-refractivity contribution in [3.05, 3.63) is 95.6 Å². The molecule has 0 saturated carbocycles. The van der Waals surface area contributed by atoms with Gasteiger partial charge in [0.25, 0.3) is 0 Å². The first-order chi connectivity index (χ1) is 16.3. The van der Waals surface area contributed by atoms with E-state index < -0.39 is 10.0 Å². The fourth-order valence-corrected chi connectivity index (χ4v) is 5.22. The minimum Gasteiger partial charge on any atom is -0.496 e. The van der Waals surface area contributed by atoms with Crippen LogP contribution in [0.1, 0.15) is 30.0 Å². The number of hydrogen-bond acceptors (Lipinski definition) is 4. The zero-order chi connectivity index (χ0) is 24.6. The Morgan fingerprint density at radius 1 is 0.971 bits per heavy atom. The average molecular weight is 481 g/mol. The molecule has 0 unspecified atom stereocenters.